The number of nitrogens with zero attached hydrogens (tertiary/aromatic N) is 1. The Hall–Kier alpha value is -0.340. The number of hydrogen-bond donors (Lipinski definition) is 1. The molecule has 2 atom stereocenters. The van der Waals surface area contributed by atoms with Crippen molar-refractivity contribution in [3.05, 3.63) is 11.6 Å². The minimum absolute atomic E-state index is 0.186. The molecule has 11 heavy (non-hydrogen) atoms. The van der Waals surface area contributed by atoms with Gasteiger partial charge in [-0.2, -0.15) is 0 Å². The molecule has 0 aromatic rings. The van der Waals surface area contributed by atoms with Crippen LogP contribution < -0.4 is 0 Å². The quantitative estimate of drug-likeness (QED) is 0.623. The van der Waals surface area contributed by atoms with Gasteiger partial charge >= 0.3 is 0 Å². The minimum atomic E-state index is -0.338. The summed E-state index contributed by atoms with van der Waals surface area (Å²) in [5.74, 6) is 0. The van der Waals surface area contributed by atoms with E-state index in [-0.39, 0.29) is 12.1 Å². The van der Waals surface area contributed by atoms with E-state index in [0.29, 0.717) is 0 Å². The molecule has 0 aliphatic heterocycles. The van der Waals surface area contributed by atoms with Crippen molar-refractivity contribution in [1.29, 1.82) is 0 Å². The van der Waals surface area contributed by atoms with Crippen LogP contribution in [0.3, 0.4) is 0 Å². The first-order valence-corrected chi connectivity index (χ1v) is 3.98. The van der Waals surface area contributed by atoms with E-state index < -0.39 is 0 Å². The molecule has 2 heteroatoms. The van der Waals surface area contributed by atoms with Crippen molar-refractivity contribution in [2.75, 3.05) is 14.1 Å². The SMILES string of the molecule is C/C=C(\C)[C@@H](O)[C@@H](C)N(C)C. The third kappa shape index (κ3) is 3.04. The minimum Gasteiger partial charge on any atom is -0.387 e. The molecule has 0 saturated carbocycles. The van der Waals surface area contributed by atoms with E-state index in [4.69, 9.17) is 0 Å². The average molecular weight is 157 g/mol. The van der Waals surface area contributed by atoms with Crippen molar-refractivity contribution in [3.63, 3.8) is 0 Å². The normalized spacial score (nSPS) is 18.6. The Balaban J connectivity index is 4.13. The van der Waals surface area contributed by atoms with Crippen molar-refractivity contribution in [2.45, 2.75) is 32.9 Å². The van der Waals surface area contributed by atoms with Gasteiger partial charge in [-0.3, -0.25) is 0 Å². The van der Waals surface area contributed by atoms with Gasteiger partial charge < -0.3 is 10.0 Å². The van der Waals surface area contributed by atoms with Gasteiger partial charge in [0.25, 0.3) is 0 Å². The number of allylic oxidation sites excluding steroid dienone is 1. The number of aliphatic hydroxyl groups excluding tert-OH is 1. The van der Waals surface area contributed by atoms with Gasteiger partial charge in [-0.1, -0.05) is 6.08 Å². The molecule has 2 nitrogen and oxygen atoms in total. The second-order valence-corrected chi connectivity index (χ2v) is 3.18. The zero-order chi connectivity index (χ0) is 9.02. The lowest BCUT2D eigenvalue weighted by atomic mass is 10.0. The first-order valence-electron chi connectivity index (χ1n) is 3.98. The van der Waals surface area contributed by atoms with Crippen molar-refractivity contribution in [3.8, 4) is 0 Å². The molecular formula is C9H19NO. The van der Waals surface area contributed by atoms with Crippen LogP contribution in [0.25, 0.3) is 0 Å². The van der Waals surface area contributed by atoms with Gasteiger partial charge in [0.05, 0.1) is 6.10 Å². The molecule has 0 heterocycles. The van der Waals surface area contributed by atoms with Crippen LogP contribution in [-0.4, -0.2) is 36.2 Å². The molecule has 0 aromatic carbocycles. The smallest absolute Gasteiger partial charge is 0.0899 e. The zero-order valence-electron chi connectivity index (χ0n) is 8.13. The van der Waals surface area contributed by atoms with Crippen LogP contribution in [0.5, 0.6) is 0 Å². The Morgan fingerprint density at radius 3 is 2.18 bits per heavy atom. The van der Waals surface area contributed by atoms with Crippen molar-refractivity contribution in [2.24, 2.45) is 0 Å². The largest absolute Gasteiger partial charge is 0.387 e. The molecule has 0 spiro atoms. The summed E-state index contributed by atoms with van der Waals surface area (Å²) in [6.07, 6.45) is 1.61. The molecule has 0 aliphatic carbocycles. The highest BCUT2D eigenvalue weighted by molar-refractivity contribution is 5.05. The molecule has 0 rings (SSSR count). The van der Waals surface area contributed by atoms with E-state index in [9.17, 15) is 5.11 Å². The fourth-order valence-corrected chi connectivity index (χ4v) is 0.834. The second kappa shape index (κ2) is 4.52. The van der Waals surface area contributed by atoms with Crippen LogP contribution in [0.15, 0.2) is 11.6 Å². The number of likely N-dealkylation sites (N-methyl/N-ethyl adjacent to an activating group) is 1. The molecule has 0 aromatic heterocycles. The van der Waals surface area contributed by atoms with Gasteiger partial charge in [0.1, 0.15) is 0 Å². The van der Waals surface area contributed by atoms with Gasteiger partial charge in [0.2, 0.25) is 0 Å². The summed E-state index contributed by atoms with van der Waals surface area (Å²) in [5, 5.41) is 9.65. The molecule has 0 fully saturated rings. The molecule has 66 valence electrons. The molecule has 1 N–H and O–H groups in total. The molecular weight excluding hydrogens is 138 g/mol. The highest BCUT2D eigenvalue weighted by Gasteiger charge is 2.16. The topological polar surface area (TPSA) is 23.5 Å². The number of hydrogen-bond acceptors (Lipinski definition) is 2. The summed E-state index contributed by atoms with van der Waals surface area (Å²) in [6.45, 7) is 5.91. The first kappa shape index (κ1) is 10.7. The monoisotopic (exact) mass is 157 g/mol. The lowest BCUT2D eigenvalue weighted by Gasteiger charge is -2.25. The van der Waals surface area contributed by atoms with Crippen molar-refractivity contribution >= 4 is 0 Å². The van der Waals surface area contributed by atoms with Gasteiger partial charge in [-0.15, -0.1) is 0 Å². The van der Waals surface area contributed by atoms with Crippen LogP contribution >= 0.6 is 0 Å². The molecule has 0 saturated heterocycles. The number of aliphatic hydroxyl groups is 1. The van der Waals surface area contributed by atoms with Crippen LogP contribution in [0.4, 0.5) is 0 Å². The summed E-state index contributed by atoms with van der Waals surface area (Å²) < 4.78 is 0. The lowest BCUT2D eigenvalue weighted by Crippen LogP contribution is -2.36. The van der Waals surface area contributed by atoms with E-state index in [1.165, 1.54) is 0 Å². The van der Waals surface area contributed by atoms with E-state index in [1.807, 2.05) is 45.8 Å². The van der Waals surface area contributed by atoms with Crippen LogP contribution in [0.1, 0.15) is 20.8 Å². The van der Waals surface area contributed by atoms with Gasteiger partial charge in [0, 0.05) is 6.04 Å². The maximum atomic E-state index is 9.65. The second-order valence-electron chi connectivity index (χ2n) is 3.18. The maximum absolute atomic E-state index is 9.65. The van der Waals surface area contributed by atoms with Crippen LogP contribution in [0, 0.1) is 0 Å². The predicted molar refractivity (Wildman–Crippen MR) is 48.6 cm³/mol. The van der Waals surface area contributed by atoms with E-state index >= 15 is 0 Å². The fourth-order valence-electron chi connectivity index (χ4n) is 0.834. The van der Waals surface area contributed by atoms with E-state index in [1.54, 1.807) is 0 Å². The summed E-state index contributed by atoms with van der Waals surface area (Å²) in [4.78, 5) is 2.01. The summed E-state index contributed by atoms with van der Waals surface area (Å²) in [5.41, 5.74) is 1.03. The first-order chi connectivity index (χ1) is 5.00. The van der Waals surface area contributed by atoms with Crippen LogP contribution in [-0.2, 0) is 0 Å². The van der Waals surface area contributed by atoms with E-state index in [0.717, 1.165) is 5.57 Å². The molecule has 0 bridgehead atoms. The van der Waals surface area contributed by atoms with E-state index in [2.05, 4.69) is 0 Å². The highest BCUT2D eigenvalue weighted by atomic mass is 16.3. The van der Waals surface area contributed by atoms with Gasteiger partial charge in [-0.25, -0.2) is 0 Å². The molecule has 0 radical (unpaired) electrons. The maximum Gasteiger partial charge on any atom is 0.0899 e. The molecule has 0 unspecified atom stereocenters. The van der Waals surface area contributed by atoms with Gasteiger partial charge in [0.15, 0.2) is 0 Å². The zero-order valence-corrected chi connectivity index (χ0v) is 8.13. The van der Waals surface area contributed by atoms with Crippen LogP contribution in [0.2, 0.25) is 0 Å². The summed E-state index contributed by atoms with van der Waals surface area (Å²) in [7, 11) is 3.94. The third-order valence-electron chi connectivity index (χ3n) is 2.19. The summed E-state index contributed by atoms with van der Waals surface area (Å²) >= 11 is 0. The third-order valence-corrected chi connectivity index (χ3v) is 2.19. The predicted octanol–water partition coefficient (Wildman–Crippen LogP) is 1.26. The van der Waals surface area contributed by atoms with Crippen molar-refractivity contribution in [1.82, 2.24) is 4.90 Å². The van der Waals surface area contributed by atoms with Gasteiger partial charge in [-0.05, 0) is 40.4 Å². The van der Waals surface area contributed by atoms with Crippen molar-refractivity contribution < 1.29 is 5.11 Å². The Morgan fingerprint density at radius 1 is 1.45 bits per heavy atom. The molecule has 0 amide bonds. The lowest BCUT2D eigenvalue weighted by molar-refractivity contribution is 0.114. The standard InChI is InChI=1S/C9H19NO/c1-6-7(2)9(11)8(3)10(4)5/h6,8-9,11H,1-5H3/b7-6+/t8-,9-/m1/s1. The highest BCUT2D eigenvalue weighted by Crippen LogP contribution is 2.08. The average Bonchev–Trinajstić information content (AvgIpc) is 2.00. The Labute approximate surface area is 69.5 Å². The Morgan fingerprint density at radius 2 is 1.91 bits per heavy atom. The Kier molecular flexibility index (Phi) is 4.38. The number of rotatable bonds is 3. The fraction of sp³-hybridized carbons (Fsp3) is 0.778. The Bertz CT molecular complexity index is 140. The summed E-state index contributed by atoms with van der Waals surface area (Å²) in [6, 6.07) is 0.186. The molecule has 0 aliphatic rings.